The molecule has 0 aliphatic rings. The van der Waals surface area contributed by atoms with Gasteiger partial charge in [0.15, 0.2) is 4.60 Å². The van der Waals surface area contributed by atoms with Crippen molar-refractivity contribution >= 4 is 15.9 Å². The summed E-state index contributed by atoms with van der Waals surface area (Å²) in [6, 6.07) is 6.05. The fraction of sp³-hybridized carbons (Fsp3) is 0.333. The number of aromatic nitrogens is 3. The second-order valence-corrected chi connectivity index (χ2v) is 5.05. The molecule has 3 N–H and O–H groups in total. The van der Waals surface area contributed by atoms with Crippen LogP contribution < -0.4 is 11.3 Å². The third-order valence-corrected chi connectivity index (χ3v) is 3.66. The zero-order valence-corrected chi connectivity index (χ0v) is 12.2. The van der Waals surface area contributed by atoms with Gasteiger partial charge < -0.3 is 0 Å². The smallest absolute Gasteiger partial charge is 0.153 e. The van der Waals surface area contributed by atoms with Gasteiger partial charge in [-0.2, -0.15) is 0 Å². The maximum Gasteiger partial charge on any atom is 0.153 e. The summed E-state index contributed by atoms with van der Waals surface area (Å²) in [5.74, 6) is 5.73. The van der Waals surface area contributed by atoms with Crippen LogP contribution in [0.3, 0.4) is 0 Å². The Bertz CT molecular complexity index is 524. The second-order valence-electron chi connectivity index (χ2n) is 4.29. The van der Waals surface area contributed by atoms with Gasteiger partial charge in [0.25, 0.3) is 0 Å². The van der Waals surface area contributed by atoms with E-state index in [1.807, 2.05) is 13.1 Å². The molecule has 0 saturated heterocycles. The van der Waals surface area contributed by atoms with E-state index in [1.54, 1.807) is 4.68 Å². The van der Waals surface area contributed by atoms with Crippen LogP contribution >= 0.6 is 15.9 Å². The Morgan fingerprint density at radius 2 is 1.94 bits per heavy atom. The first-order valence-electron chi connectivity index (χ1n) is 5.63. The van der Waals surface area contributed by atoms with Gasteiger partial charge in [-0.25, -0.2) is 10.1 Å². The summed E-state index contributed by atoms with van der Waals surface area (Å²) in [6.07, 6.45) is 0. The molecular formula is C12H16BrN5. The van der Waals surface area contributed by atoms with Gasteiger partial charge in [-0.1, -0.05) is 23.4 Å². The van der Waals surface area contributed by atoms with Crippen molar-refractivity contribution in [2.45, 2.75) is 19.9 Å². The summed E-state index contributed by atoms with van der Waals surface area (Å²) in [4.78, 5) is 0. The lowest BCUT2D eigenvalue weighted by molar-refractivity contribution is 0.565. The van der Waals surface area contributed by atoms with Crippen LogP contribution in [0, 0.1) is 13.8 Å². The van der Waals surface area contributed by atoms with Crippen LogP contribution in [0.15, 0.2) is 22.8 Å². The maximum atomic E-state index is 5.73. The number of hydrazine groups is 1. The van der Waals surface area contributed by atoms with Crippen molar-refractivity contribution in [1.82, 2.24) is 20.4 Å². The van der Waals surface area contributed by atoms with Crippen molar-refractivity contribution < 1.29 is 0 Å². The van der Waals surface area contributed by atoms with E-state index in [1.165, 1.54) is 11.1 Å². The van der Waals surface area contributed by atoms with E-state index in [-0.39, 0.29) is 6.04 Å². The summed E-state index contributed by atoms with van der Waals surface area (Å²) < 4.78 is 2.43. The lowest BCUT2D eigenvalue weighted by atomic mass is 9.95. The van der Waals surface area contributed by atoms with Crippen LogP contribution in [0.1, 0.15) is 28.4 Å². The van der Waals surface area contributed by atoms with Gasteiger partial charge in [-0.15, -0.1) is 5.10 Å². The predicted molar refractivity (Wildman–Crippen MR) is 73.8 cm³/mol. The molecule has 5 nitrogen and oxygen atoms in total. The number of aryl methyl sites for hydroxylation is 3. The quantitative estimate of drug-likeness (QED) is 0.669. The molecule has 1 heterocycles. The topological polar surface area (TPSA) is 68.8 Å². The minimum atomic E-state index is -0.138. The van der Waals surface area contributed by atoms with Gasteiger partial charge in [-0.3, -0.25) is 5.84 Å². The average Bonchev–Trinajstić information content (AvgIpc) is 2.65. The van der Waals surface area contributed by atoms with E-state index < -0.39 is 0 Å². The molecule has 0 radical (unpaired) electrons. The molecule has 96 valence electrons. The molecule has 1 aromatic carbocycles. The van der Waals surface area contributed by atoms with E-state index in [4.69, 9.17) is 5.84 Å². The molecule has 18 heavy (non-hydrogen) atoms. The Labute approximate surface area is 114 Å². The van der Waals surface area contributed by atoms with Crippen LogP contribution in [-0.4, -0.2) is 15.0 Å². The molecule has 0 spiro atoms. The Hall–Kier alpha value is -1.24. The van der Waals surface area contributed by atoms with Crippen molar-refractivity contribution in [1.29, 1.82) is 0 Å². The zero-order valence-electron chi connectivity index (χ0n) is 10.6. The normalized spacial score (nSPS) is 12.7. The molecular weight excluding hydrogens is 294 g/mol. The first-order chi connectivity index (χ1) is 8.56. The van der Waals surface area contributed by atoms with Gasteiger partial charge in [0.2, 0.25) is 0 Å². The van der Waals surface area contributed by atoms with E-state index in [2.05, 4.69) is 57.6 Å². The standard InChI is InChI=1S/C12H16BrN5/c1-7-5-4-6-8(2)9(7)10(15-14)11-12(13)16-17-18(11)3/h4-6,10,15H,14H2,1-3H3. The van der Waals surface area contributed by atoms with Crippen LogP contribution in [-0.2, 0) is 7.05 Å². The first-order valence-corrected chi connectivity index (χ1v) is 6.43. The number of benzene rings is 1. The molecule has 0 bridgehead atoms. The Kier molecular flexibility index (Phi) is 3.79. The average molecular weight is 310 g/mol. The Morgan fingerprint density at radius 1 is 1.33 bits per heavy atom. The lowest BCUT2D eigenvalue weighted by Gasteiger charge is -2.21. The summed E-state index contributed by atoms with van der Waals surface area (Å²) in [5, 5.41) is 8.00. The van der Waals surface area contributed by atoms with Crippen LogP contribution in [0.4, 0.5) is 0 Å². The van der Waals surface area contributed by atoms with Gasteiger partial charge in [0.05, 0.1) is 11.7 Å². The van der Waals surface area contributed by atoms with Crippen LogP contribution in [0.25, 0.3) is 0 Å². The molecule has 1 atom stereocenters. The van der Waals surface area contributed by atoms with E-state index in [9.17, 15) is 0 Å². The third kappa shape index (κ3) is 2.19. The molecule has 0 fully saturated rings. The molecule has 1 unspecified atom stereocenters. The van der Waals surface area contributed by atoms with E-state index in [0.29, 0.717) is 4.60 Å². The molecule has 0 aliphatic carbocycles. The SMILES string of the molecule is Cc1cccc(C)c1C(NN)c1c(Br)nnn1C. The highest BCUT2D eigenvalue weighted by atomic mass is 79.9. The van der Waals surface area contributed by atoms with Gasteiger partial charge in [-0.05, 0) is 46.5 Å². The number of nitrogens with one attached hydrogen (secondary N) is 1. The van der Waals surface area contributed by atoms with Crippen molar-refractivity contribution in [2.24, 2.45) is 12.9 Å². The lowest BCUT2D eigenvalue weighted by Crippen LogP contribution is -2.31. The molecule has 0 amide bonds. The molecule has 2 rings (SSSR count). The fourth-order valence-corrected chi connectivity index (χ4v) is 2.78. The second kappa shape index (κ2) is 5.17. The zero-order chi connectivity index (χ0) is 13.3. The minimum absolute atomic E-state index is 0.138. The number of hydrogen-bond acceptors (Lipinski definition) is 4. The summed E-state index contributed by atoms with van der Waals surface area (Å²) in [5.41, 5.74) is 7.30. The minimum Gasteiger partial charge on any atom is -0.271 e. The Balaban J connectivity index is 2.59. The number of rotatable bonds is 3. The molecule has 1 aromatic heterocycles. The summed E-state index contributed by atoms with van der Waals surface area (Å²) in [6.45, 7) is 4.15. The van der Waals surface area contributed by atoms with Gasteiger partial charge >= 0.3 is 0 Å². The van der Waals surface area contributed by atoms with Crippen LogP contribution in [0.2, 0.25) is 0 Å². The number of nitrogens with zero attached hydrogens (tertiary/aromatic N) is 3. The van der Waals surface area contributed by atoms with E-state index in [0.717, 1.165) is 11.3 Å². The largest absolute Gasteiger partial charge is 0.271 e. The monoisotopic (exact) mass is 309 g/mol. The highest BCUT2D eigenvalue weighted by molar-refractivity contribution is 9.10. The molecule has 0 saturated carbocycles. The van der Waals surface area contributed by atoms with Gasteiger partial charge in [0, 0.05) is 7.05 Å². The van der Waals surface area contributed by atoms with E-state index >= 15 is 0 Å². The number of hydrogen-bond donors (Lipinski definition) is 2. The fourth-order valence-electron chi connectivity index (χ4n) is 2.23. The van der Waals surface area contributed by atoms with Crippen molar-refractivity contribution in [3.63, 3.8) is 0 Å². The molecule has 0 aliphatic heterocycles. The number of halogens is 1. The highest BCUT2D eigenvalue weighted by Gasteiger charge is 2.23. The Morgan fingerprint density at radius 3 is 2.39 bits per heavy atom. The van der Waals surface area contributed by atoms with Crippen molar-refractivity contribution in [3.05, 3.63) is 45.2 Å². The molecule has 2 aromatic rings. The van der Waals surface area contributed by atoms with Gasteiger partial charge in [0.1, 0.15) is 0 Å². The van der Waals surface area contributed by atoms with Crippen LogP contribution in [0.5, 0.6) is 0 Å². The summed E-state index contributed by atoms with van der Waals surface area (Å²) in [7, 11) is 1.85. The van der Waals surface area contributed by atoms with Crippen molar-refractivity contribution in [2.75, 3.05) is 0 Å². The highest BCUT2D eigenvalue weighted by Crippen LogP contribution is 2.30. The molecule has 6 heteroatoms. The van der Waals surface area contributed by atoms with Crippen molar-refractivity contribution in [3.8, 4) is 0 Å². The predicted octanol–water partition coefficient (Wildman–Crippen LogP) is 1.75. The number of nitrogens with two attached hydrogens (primary N) is 1. The first kappa shape index (κ1) is 13.2. The maximum absolute atomic E-state index is 5.73. The third-order valence-electron chi connectivity index (χ3n) is 3.10. The summed E-state index contributed by atoms with van der Waals surface area (Å²) >= 11 is 3.41.